The normalized spacial score (nSPS) is 18.8. The average molecular weight is 465 g/mol. The Kier molecular flexibility index (Phi) is 6.63. The third-order valence-electron chi connectivity index (χ3n) is 5.15. The van der Waals surface area contributed by atoms with E-state index in [0.29, 0.717) is 25.3 Å². The van der Waals surface area contributed by atoms with Gasteiger partial charge >= 0.3 is 5.76 Å². The molecule has 2 heterocycles. The summed E-state index contributed by atoms with van der Waals surface area (Å²) >= 11 is 5.78. The van der Waals surface area contributed by atoms with Crippen molar-refractivity contribution in [1.29, 1.82) is 0 Å². The van der Waals surface area contributed by atoms with Gasteiger partial charge in [0.05, 0.1) is 28.9 Å². The molecule has 1 fully saturated rings. The van der Waals surface area contributed by atoms with Gasteiger partial charge in [-0.05, 0) is 29.8 Å². The molecule has 1 aromatic heterocycles. The Bertz CT molecular complexity index is 1180. The number of carbonyl (C=O) groups excluding carboxylic acids is 1. The van der Waals surface area contributed by atoms with Crippen LogP contribution in [0.3, 0.4) is 0 Å². The van der Waals surface area contributed by atoms with Gasteiger partial charge in [0.1, 0.15) is 11.6 Å². The largest absolute Gasteiger partial charge is 0.439 e. The fourth-order valence-corrected chi connectivity index (χ4v) is 3.70. The number of rotatable bonds is 5. The molecule has 1 aliphatic heterocycles. The van der Waals surface area contributed by atoms with Crippen LogP contribution in [0, 0.1) is 17.6 Å². The van der Waals surface area contributed by atoms with E-state index in [-0.39, 0.29) is 34.4 Å². The lowest BCUT2D eigenvalue weighted by Crippen LogP contribution is -2.36. The predicted octanol–water partition coefficient (Wildman–Crippen LogP) is 2.67. The van der Waals surface area contributed by atoms with Crippen molar-refractivity contribution < 1.29 is 22.8 Å². The van der Waals surface area contributed by atoms with E-state index in [1.807, 2.05) is 0 Å². The second-order valence-corrected chi connectivity index (χ2v) is 7.66. The molecule has 2 aromatic carbocycles. The Labute approximate surface area is 185 Å². The SMILES string of the molecule is O=C(NCC1CNCCOC1c1ccc(Cl)c(F)c1)c1cccc(-c2noc(=O)[nH]2)c1F. The Morgan fingerprint density at radius 2 is 2.12 bits per heavy atom. The van der Waals surface area contributed by atoms with Crippen molar-refractivity contribution >= 4 is 17.5 Å². The molecule has 3 N–H and O–H groups in total. The molecule has 0 spiro atoms. The van der Waals surface area contributed by atoms with Crippen LogP contribution >= 0.6 is 11.6 Å². The predicted molar refractivity (Wildman–Crippen MR) is 111 cm³/mol. The van der Waals surface area contributed by atoms with Gasteiger partial charge in [0.25, 0.3) is 5.91 Å². The van der Waals surface area contributed by atoms with Crippen LogP contribution in [0.5, 0.6) is 0 Å². The highest BCUT2D eigenvalue weighted by Gasteiger charge is 2.28. The third kappa shape index (κ3) is 4.72. The first-order chi connectivity index (χ1) is 15.4. The van der Waals surface area contributed by atoms with Gasteiger partial charge in [0.2, 0.25) is 0 Å². The summed E-state index contributed by atoms with van der Waals surface area (Å²) in [6, 6.07) is 8.61. The van der Waals surface area contributed by atoms with Crippen molar-refractivity contribution in [2.75, 3.05) is 26.2 Å². The lowest BCUT2D eigenvalue weighted by atomic mass is 9.95. The molecule has 0 saturated carbocycles. The van der Waals surface area contributed by atoms with Gasteiger partial charge in [0.15, 0.2) is 5.82 Å². The summed E-state index contributed by atoms with van der Waals surface area (Å²) < 4.78 is 39.2. The van der Waals surface area contributed by atoms with E-state index in [0.717, 1.165) is 0 Å². The minimum absolute atomic E-state index is 0.00848. The van der Waals surface area contributed by atoms with Crippen LogP contribution in [0.25, 0.3) is 11.4 Å². The minimum Gasteiger partial charge on any atom is -0.372 e. The first kappa shape index (κ1) is 22.1. The highest BCUT2D eigenvalue weighted by atomic mass is 35.5. The monoisotopic (exact) mass is 464 g/mol. The highest BCUT2D eigenvalue weighted by Crippen LogP contribution is 2.30. The lowest BCUT2D eigenvalue weighted by Gasteiger charge is -2.25. The van der Waals surface area contributed by atoms with Gasteiger partial charge in [-0.25, -0.2) is 13.6 Å². The minimum atomic E-state index is -0.846. The van der Waals surface area contributed by atoms with E-state index in [2.05, 4.69) is 25.3 Å². The average Bonchev–Trinajstić information content (AvgIpc) is 3.07. The number of amides is 1. The number of H-pyrrole nitrogens is 1. The van der Waals surface area contributed by atoms with Crippen molar-refractivity contribution in [3.8, 4) is 11.4 Å². The summed E-state index contributed by atoms with van der Waals surface area (Å²) in [5.74, 6) is -3.26. The van der Waals surface area contributed by atoms with Crippen LogP contribution in [0.2, 0.25) is 5.02 Å². The number of nitrogens with one attached hydrogen (secondary N) is 3. The first-order valence-electron chi connectivity index (χ1n) is 9.84. The molecule has 2 unspecified atom stereocenters. The molecule has 32 heavy (non-hydrogen) atoms. The molecule has 1 amide bonds. The van der Waals surface area contributed by atoms with Gasteiger partial charge < -0.3 is 15.4 Å². The van der Waals surface area contributed by atoms with Gasteiger partial charge in [-0.2, -0.15) is 0 Å². The summed E-state index contributed by atoms with van der Waals surface area (Å²) in [6.45, 7) is 1.65. The van der Waals surface area contributed by atoms with Crippen LogP contribution in [-0.2, 0) is 4.74 Å². The maximum absolute atomic E-state index is 14.9. The summed E-state index contributed by atoms with van der Waals surface area (Å²) in [6.07, 6.45) is -0.492. The molecule has 168 valence electrons. The lowest BCUT2D eigenvalue weighted by molar-refractivity contribution is 0.0303. The maximum Gasteiger partial charge on any atom is 0.439 e. The molecule has 11 heteroatoms. The van der Waals surface area contributed by atoms with Gasteiger partial charge in [0, 0.05) is 25.6 Å². The number of hydrogen-bond donors (Lipinski definition) is 3. The van der Waals surface area contributed by atoms with Crippen LogP contribution in [0.15, 0.2) is 45.7 Å². The Morgan fingerprint density at radius 3 is 2.88 bits per heavy atom. The van der Waals surface area contributed by atoms with Gasteiger partial charge in [-0.15, -0.1) is 0 Å². The smallest absolute Gasteiger partial charge is 0.372 e. The Morgan fingerprint density at radius 1 is 1.28 bits per heavy atom. The zero-order valence-electron chi connectivity index (χ0n) is 16.7. The van der Waals surface area contributed by atoms with Gasteiger partial charge in [-0.3, -0.25) is 14.3 Å². The number of halogens is 3. The zero-order chi connectivity index (χ0) is 22.7. The second kappa shape index (κ2) is 9.60. The number of carbonyl (C=O) groups is 1. The van der Waals surface area contributed by atoms with Crippen molar-refractivity contribution in [3.63, 3.8) is 0 Å². The molecule has 0 radical (unpaired) electrons. The Hall–Kier alpha value is -3.08. The second-order valence-electron chi connectivity index (χ2n) is 7.25. The number of hydrogen-bond acceptors (Lipinski definition) is 6. The van der Waals surface area contributed by atoms with E-state index in [9.17, 15) is 18.4 Å². The molecular formula is C21H19ClF2N4O4. The summed E-state index contributed by atoms with van der Waals surface area (Å²) in [5.41, 5.74) is 0.304. The van der Waals surface area contributed by atoms with Crippen LogP contribution < -0.4 is 16.4 Å². The van der Waals surface area contributed by atoms with Crippen molar-refractivity contribution in [3.05, 3.63) is 74.7 Å². The maximum atomic E-state index is 14.9. The van der Waals surface area contributed by atoms with Crippen molar-refractivity contribution in [2.45, 2.75) is 6.10 Å². The van der Waals surface area contributed by atoms with Crippen LogP contribution in [-0.4, -0.2) is 42.3 Å². The standard InChI is InChI=1S/C21H19ClF2N4O4/c22-15-5-4-11(8-16(15)23)18-12(9-25-6-7-31-18)10-26-20(29)14-3-1-2-13(17(14)24)19-27-21(30)32-28-19/h1-5,8,12,18,25H,6-7,9-10H2,(H,26,29)(H,27,28,30). The summed E-state index contributed by atoms with van der Waals surface area (Å²) in [7, 11) is 0. The molecule has 3 aromatic rings. The third-order valence-corrected chi connectivity index (χ3v) is 5.45. The number of benzene rings is 2. The summed E-state index contributed by atoms with van der Waals surface area (Å²) in [5, 5.41) is 9.38. The van der Waals surface area contributed by atoms with E-state index in [1.54, 1.807) is 6.07 Å². The first-order valence-corrected chi connectivity index (χ1v) is 10.2. The number of aromatic amines is 1. The molecule has 1 aliphatic rings. The fourth-order valence-electron chi connectivity index (χ4n) is 3.58. The number of ether oxygens (including phenoxy) is 1. The molecule has 1 saturated heterocycles. The summed E-state index contributed by atoms with van der Waals surface area (Å²) in [4.78, 5) is 26.1. The molecule has 4 rings (SSSR count). The van der Waals surface area contributed by atoms with E-state index < -0.39 is 29.4 Å². The van der Waals surface area contributed by atoms with E-state index in [1.165, 1.54) is 30.3 Å². The van der Waals surface area contributed by atoms with E-state index >= 15 is 0 Å². The topological polar surface area (TPSA) is 109 Å². The van der Waals surface area contributed by atoms with Gasteiger partial charge in [-0.1, -0.05) is 28.9 Å². The highest BCUT2D eigenvalue weighted by molar-refractivity contribution is 6.30. The molecule has 0 aliphatic carbocycles. The van der Waals surface area contributed by atoms with Crippen molar-refractivity contribution in [1.82, 2.24) is 20.8 Å². The number of aromatic nitrogens is 2. The Balaban J connectivity index is 1.52. The zero-order valence-corrected chi connectivity index (χ0v) is 17.4. The molecule has 2 atom stereocenters. The van der Waals surface area contributed by atoms with Crippen LogP contribution in [0.4, 0.5) is 8.78 Å². The van der Waals surface area contributed by atoms with Crippen LogP contribution in [0.1, 0.15) is 22.0 Å². The molecule has 8 nitrogen and oxygen atoms in total. The number of nitrogens with zero attached hydrogens (tertiary/aromatic N) is 1. The van der Waals surface area contributed by atoms with E-state index in [4.69, 9.17) is 16.3 Å². The molecule has 0 bridgehead atoms. The fraction of sp³-hybridized carbons (Fsp3) is 0.286. The van der Waals surface area contributed by atoms with Crippen molar-refractivity contribution in [2.24, 2.45) is 5.92 Å². The quantitative estimate of drug-likeness (QED) is 0.535. The molecular weight excluding hydrogens is 446 g/mol.